The van der Waals surface area contributed by atoms with Gasteiger partial charge in [0, 0.05) is 10.8 Å². The molecule has 134 valence electrons. The summed E-state index contributed by atoms with van der Waals surface area (Å²) in [5.74, 6) is 0. The zero-order valence-corrected chi connectivity index (χ0v) is 14.1. The van der Waals surface area contributed by atoms with Gasteiger partial charge in [-0.1, -0.05) is 22.6 Å². The van der Waals surface area contributed by atoms with Gasteiger partial charge in [-0.25, -0.2) is 0 Å². The van der Waals surface area contributed by atoms with Gasteiger partial charge in [0.25, 0.3) is 0 Å². The maximum absolute atomic E-state index is 12.9. The first-order chi connectivity index (χ1) is 11.0. The summed E-state index contributed by atoms with van der Waals surface area (Å²) in [6.45, 7) is -0.219. The summed E-state index contributed by atoms with van der Waals surface area (Å²) in [6, 6.07) is 3.49. The molecule has 1 rings (SSSR count). The molecule has 1 aromatic rings. The Morgan fingerprint density at radius 3 is 2.25 bits per heavy atom. The van der Waals surface area contributed by atoms with Gasteiger partial charge >= 0.3 is 12.4 Å². The van der Waals surface area contributed by atoms with Gasteiger partial charge in [-0.15, -0.1) is 0 Å². The van der Waals surface area contributed by atoms with Crippen LogP contribution in [-0.2, 0) is 10.9 Å². The molecule has 10 heteroatoms. The number of benzene rings is 1. The number of rotatable bonds is 6. The first-order valence-corrected chi connectivity index (χ1v) is 8.06. The van der Waals surface area contributed by atoms with Crippen molar-refractivity contribution in [3.63, 3.8) is 0 Å². The van der Waals surface area contributed by atoms with E-state index in [2.05, 4.69) is 4.74 Å². The Kier molecular flexibility index (Phi) is 7.30. The predicted molar refractivity (Wildman–Crippen MR) is 80.4 cm³/mol. The lowest BCUT2D eigenvalue weighted by atomic mass is 9.98. The van der Waals surface area contributed by atoms with Gasteiger partial charge in [-0.05, 0) is 23.8 Å². The highest BCUT2D eigenvalue weighted by atomic mass is 127. The van der Waals surface area contributed by atoms with Crippen molar-refractivity contribution in [2.75, 3.05) is 11.0 Å². The van der Waals surface area contributed by atoms with Crippen LogP contribution in [-0.4, -0.2) is 28.4 Å². The highest BCUT2D eigenvalue weighted by Gasteiger charge is 2.42. The minimum Gasteiger partial charge on any atom is -0.388 e. The van der Waals surface area contributed by atoms with Crippen molar-refractivity contribution >= 4 is 22.6 Å². The second kappa shape index (κ2) is 8.35. The van der Waals surface area contributed by atoms with Crippen molar-refractivity contribution in [1.29, 1.82) is 5.26 Å². The van der Waals surface area contributed by atoms with Crippen LogP contribution in [0.2, 0.25) is 0 Å². The maximum Gasteiger partial charge on any atom is 0.416 e. The van der Waals surface area contributed by atoms with Crippen LogP contribution in [0.25, 0.3) is 0 Å². The van der Waals surface area contributed by atoms with Gasteiger partial charge in [0.2, 0.25) is 0 Å². The van der Waals surface area contributed by atoms with Crippen LogP contribution in [0.15, 0.2) is 18.2 Å². The fourth-order valence-corrected chi connectivity index (χ4v) is 2.15. The largest absolute Gasteiger partial charge is 0.416 e. The summed E-state index contributed by atoms with van der Waals surface area (Å²) in [4.78, 5) is 0. The lowest BCUT2D eigenvalue weighted by Crippen LogP contribution is -2.34. The van der Waals surface area contributed by atoms with Crippen LogP contribution >= 0.6 is 22.6 Å². The molecule has 3 nitrogen and oxygen atoms in total. The average molecular weight is 467 g/mol. The zero-order valence-electron chi connectivity index (χ0n) is 12.0. The van der Waals surface area contributed by atoms with E-state index < -0.39 is 47.7 Å². The van der Waals surface area contributed by atoms with Gasteiger partial charge in [0.05, 0.1) is 29.9 Å². The standard InChI is InChI=1S/C14H12F6INO2/c15-13(16,17)10-4-8(7-22)3-9(5-10)11(23)6-12(14(18,19)20)24-2-1-21/h3-5,11-12,23H,1-2,6H2. The van der Waals surface area contributed by atoms with E-state index in [0.29, 0.717) is 12.1 Å². The Labute approximate surface area is 147 Å². The van der Waals surface area contributed by atoms with Crippen molar-refractivity contribution < 1.29 is 36.2 Å². The molecule has 2 unspecified atom stereocenters. The molecule has 0 bridgehead atoms. The molecule has 0 radical (unpaired) electrons. The molecule has 0 heterocycles. The second-order valence-corrected chi connectivity index (χ2v) is 5.87. The fourth-order valence-electron chi connectivity index (χ4n) is 1.89. The molecule has 0 aliphatic carbocycles. The molecule has 2 atom stereocenters. The third-order valence-corrected chi connectivity index (χ3v) is 3.44. The Balaban J connectivity index is 3.09. The van der Waals surface area contributed by atoms with E-state index in [9.17, 15) is 31.4 Å². The smallest absolute Gasteiger partial charge is 0.388 e. The van der Waals surface area contributed by atoms with E-state index in [1.165, 1.54) is 6.07 Å². The van der Waals surface area contributed by atoms with E-state index in [-0.39, 0.29) is 11.0 Å². The highest BCUT2D eigenvalue weighted by Crippen LogP contribution is 2.35. The van der Waals surface area contributed by atoms with E-state index in [0.717, 1.165) is 6.07 Å². The molecule has 0 fully saturated rings. The van der Waals surface area contributed by atoms with E-state index in [4.69, 9.17) is 5.26 Å². The van der Waals surface area contributed by atoms with Crippen molar-refractivity contribution in [2.24, 2.45) is 0 Å². The molecule has 0 aliphatic heterocycles. The fraction of sp³-hybridized carbons (Fsp3) is 0.500. The molecule has 0 spiro atoms. The molecule has 0 saturated heterocycles. The lowest BCUT2D eigenvalue weighted by molar-refractivity contribution is -0.226. The quantitative estimate of drug-likeness (QED) is 0.384. The number of nitrogens with zero attached hydrogens (tertiary/aromatic N) is 1. The highest BCUT2D eigenvalue weighted by molar-refractivity contribution is 14.1. The first-order valence-electron chi connectivity index (χ1n) is 6.53. The van der Waals surface area contributed by atoms with Gasteiger partial charge in [0.15, 0.2) is 6.10 Å². The minimum atomic E-state index is -4.79. The van der Waals surface area contributed by atoms with Crippen LogP contribution in [0.1, 0.15) is 29.2 Å². The van der Waals surface area contributed by atoms with E-state index >= 15 is 0 Å². The van der Waals surface area contributed by atoms with Crippen molar-refractivity contribution in [1.82, 2.24) is 0 Å². The number of nitriles is 1. The first kappa shape index (κ1) is 21.0. The van der Waals surface area contributed by atoms with Gasteiger partial charge in [0.1, 0.15) is 0 Å². The number of aliphatic hydroxyl groups is 1. The van der Waals surface area contributed by atoms with Gasteiger partial charge in [-0.2, -0.15) is 31.6 Å². The topological polar surface area (TPSA) is 53.2 Å². The lowest BCUT2D eigenvalue weighted by Gasteiger charge is -2.23. The predicted octanol–water partition coefficient (Wildman–Crippen LogP) is 4.38. The number of hydrogen-bond donors (Lipinski definition) is 1. The van der Waals surface area contributed by atoms with Crippen LogP contribution in [0.4, 0.5) is 26.3 Å². The van der Waals surface area contributed by atoms with Crippen molar-refractivity contribution in [3.8, 4) is 6.07 Å². The number of alkyl halides is 7. The Morgan fingerprint density at radius 2 is 1.79 bits per heavy atom. The summed E-state index contributed by atoms with van der Waals surface area (Å²) >= 11 is 1.80. The molecule has 0 amide bonds. The molecule has 0 saturated carbocycles. The summed E-state index contributed by atoms with van der Waals surface area (Å²) in [6.07, 6.45) is -14.7. The van der Waals surface area contributed by atoms with Crippen LogP contribution in [0.3, 0.4) is 0 Å². The summed E-state index contributed by atoms with van der Waals surface area (Å²) in [7, 11) is 0. The normalized spacial score (nSPS) is 15.0. The summed E-state index contributed by atoms with van der Waals surface area (Å²) in [5.41, 5.74) is -2.04. The van der Waals surface area contributed by atoms with Gasteiger partial charge < -0.3 is 9.84 Å². The average Bonchev–Trinajstić information content (AvgIpc) is 2.48. The molecule has 24 heavy (non-hydrogen) atoms. The van der Waals surface area contributed by atoms with Crippen LogP contribution in [0, 0.1) is 11.3 Å². The van der Waals surface area contributed by atoms with E-state index in [1.807, 2.05) is 0 Å². The molecule has 1 N–H and O–H groups in total. The summed E-state index contributed by atoms with van der Waals surface area (Å²) < 4.78 is 81.8. The number of halogens is 7. The Hall–Kier alpha value is -1.06. The minimum absolute atomic E-state index is 0.219. The Morgan fingerprint density at radius 1 is 1.17 bits per heavy atom. The Bertz CT molecular complexity index is 596. The third kappa shape index (κ3) is 6.10. The van der Waals surface area contributed by atoms with Crippen LogP contribution in [0.5, 0.6) is 0 Å². The van der Waals surface area contributed by atoms with E-state index in [1.54, 1.807) is 22.6 Å². The van der Waals surface area contributed by atoms with Crippen molar-refractivity contribution in [2.45, 2.75) is 31.0 Å². The third-order valence-electron chi connectivity index (χ3n) is 3.00. The zero-order chi connectivity index (χ0) is 18.5. The SMILES string of the molecule is N#Cc1cc(C(O)CC(OCCI)C(F)(F)F)cc(C(F)(F)F)c1. The maximum atomic E-state index is 12.9. The number of ether oxygens (including phenoxy) is 1. The monoisotopic (exact) mass is 467 g/mol. The molecule has 1 aromatic carbocycles. The molecule has 0 aliphatic rings. The van der Waals surface area contributed by atoms with Gasteiger partial charge in [-0.3, -0.25) is 0 Å². The molecular weight excluding hydrogens is 455 g/mol. The second-order valence-electron chi connectivity index (χ2n) is 4.79. The van der Waals surface area contributed by atoms with Crippen molar-refractivity contribution in [3.05, 3.63) is 34.9 Å². The summed E-state index contributed by atoms with van der Waals surface area (Å²) in [5, 5.41) is 18.7. The molecular formula is C14H12F6INO2. The number of hydrogen-bond acceptors (Lipinski definition) is 3. The van der Waals surface area contributed by atoms with Crippen LogP contribution < -0.4 is 0 Å². The molecule has 0 aromatic heterocycles. The number of aliphatic hydroxyl groups excluding tert-OH is 1.